The van der Waals surface area contributed by atoms with Gasteiger partial charge in [0.15, 0.2) is 17.7 Å². The van der Waals surface area contributed by atoms with Gasteiger partial charge in [-0.3, -0.25) is 19.2 Å². The summed E-state index contributed by atoms with van der Waals surface area (Å²) in [5.41, 5.74) is 0. The first-order chi connectivity index (χ1) is 6.93. The highest BCUT2D eigenvalue weighted by molar-refractivity contribution is 6.21. The van der Waals surface area contributed by atoms with Crippen molar-refractivity contribution in [1.82, 2.24) is 0 Å². The lowest BCUT2D eigenvalue weighted by molar-refractivity contribution is -0.160. The lowest BCUT2D eigenvalue weighted by Gasteiger charge is -2.24. The molecule has 82 valence electrons. The maximum atomic E-state index is 11.6. The quantitative estimate of drug-likeness (QED) is 0.477. The molecule has 5 heteroatoms. The number of ether oxygens (including phenoxy) is 1. The minimum Gasteiger partial charge on any atom is -0.454 e. The third kappa shape index (κ3) is 2.49. The second-order valence-corrected chi connectivity index (χ2v) is 3.55. The van der Waals surface area contributed by atoms with Gasteiger partial charge in [-0.05, 0) is 13.3 Å². The van der Waals surface area contributed by atoms with Crippen molar-refractivity contribution in [3.63, 3.8) is 0 Å². The van der Waals surface area contributed by atoms with E-state index in [0.717, 1.165) is 0 Å². The Morgan fingerprint density at radius 2 is 1.87 bits per heavy atom. The zero-order chi connectivity index (χ0) is 11.6. The van der Waals surface area contributed by atoms with Crippen molar-refractivity contribution in [1.29, 1.82) is 0 Å². The molecule has 0 aliphatic heterocycles. The molecule has 0 heterocycles. The van der Waals surface area contributed by atoms with Crippen LogP contribution in [-0.4, -0.2) is 29.4 Å². The van der Waals surface area contributed by atoms with Crippen molar-refractivity contribution in [2.75, 3.05) is 0 Å². The summed E-state index contributed by atoms with van der Waals surface area (Å²) in [6.07, 6.45) is -0.649. The minimum absolute atomic E-state index is 0.105. The zero-order valence-corrected chi connectivity index (χ0v) is 8.61. The summed E-state index contributed by atoms with van der Waals surface area (Å²) >= 11 is 0. The van der Waals surface area contributed by atoms with Crippen molar-refractivity contribution in [3.05, 3.63) is 0 Å². The molecule has 0 aromatic carbocycles. The Morgan fingerprint density at radius 3 is 2.33 bits per heavy atom. The second-order valence-electron chi connectivity index (χ2n) is 3.55. The van der Waals surface area contributed by atoms with Gasteiger partial charge in [0.25, 0.3) is 0 Å². The molecule has 0 spiro atoms. The van der Waals surface area contributed by atoms with Crippen LogP contribution in [0.2, 0.25) is 0 Å². The van der Waals surface area contributed by atoms with Crippen LogP contribution in [0.3, 0.4) is 0 Å². The molecule has 0 aromatic rings. The van der Waals surface area contributed by atoms with Crippen LogP contribution in [-0.2, 0) is 23.9 Å². The van der Waals surface area contributed by atoms with E-state index in [9.17, 15) is 19.2 Å². The van der Waals surface area contributed by atoms with Crippen molar-refractivity contribution in [2.45, 2.75) is 32.8 Å². The van der Waals surface area contributed by atoms with Gasteiger partial charge in [0.2, 0.25) is 0 Å². The SMILES string of the molecule is CC(=O)OC1CCC(=O)C(C(C)=O)C1=O. The molecule has 0 N–H and O–H groups in total. The molecule has 2 atom stereocenters. The normalized spacial score (nSPS) is 26.3. The van der Waals surface area contributed by atoms with E-state index in [2.05, 4.69) is 0 Å². The highest BCUT2D eigenvalue weighted by atomic mass is 16.5. The van der Waals surface area contributed by atoms with E-state index < -0.39 is 29.6 Å². The topological polar surface area (TPSA) is 77.5 Å². The van der Waals surface area contributed by atoms with Gasteiger partial charge in [0.05, 0.1) is 0 Å². The van der Waals surface area contributed by atoms with Crippen molar-refractivity contribution in [3.8, 4) is 0 Å². The first-order valence-electron chi connectivity index (χ1n) is 4.67. The molecule has 0 bridgehead atoms. The predicted molar refractivity (Wildman–Crippen MR) is 49.0 cm³/mol. The van der Waals surface area contributed by atoms with E-state index in [-0.39, 0.29) is 18.6 Å². The van der Waals surface area contributed by atoms with Gasteiger partial charge < -0.3 is 4.74 Å². The molecule has 0 amide bonds. The number of rotatable bonds is 2. The van der Waals surface area contributed by atoms with Gasteiger partial charge >= 0.3 is 5.97 Å². The van der Waals surface area contributed by atoms with Crippen molar-refractivity contribution in [2.24, 2.45) is 5.92 Å². The second kappa shape index (κ2) is 4.33. The van der Waals surface area contributed by atoms with Crippen molar-refractivity contribution >= 4 is 23.3 Å². The summed E-state index contributed by atoms with van der Waals surface area (Å²) in [5.74, 6) is -3.26. The van der Waals surface area contributed by atoms with Crippen LogP contribution in [0.25, 0.3) is 0 Å². The molecule has 0 saturated heterocycles. The largest absolute Gasteiger partial charge is 0.454 e. The van der Waals surface area contributed by atoms with Gasteiger partial charge in [0.1, 0.15) is 11.7 Å². The Kier molecular flexibility index (Phi) is 3.34. The molecule has 1 rings (SSSR count). The first kappa shape index (κ1) is 11.6. The fraction of sp³-hybridized carbons (Fsp3) is 0.600. The number of carbonyl (C=O) groups excluding carboxylic acids is 4. The molecule has 0 aromatic heterocycles. The average Bonchev–Trinajstić information content (AvgIpc) is 2.09. The highest BCUT2D eigenvalue weighted by Gasteiger charge is 2.41. The Morgan fingerprint density at radius 1 is 1.27 bits per heavy atom. The maximum absolute atomic E-state index is 11.6. The van der Waals surface area contributed by atoms with Crippen LogP contribution in [0.15, 0.2) is 0 Å². The number of hydrogen-bond acceptors (Lipinski definition) is 5. The van der Waals surface area contributed by atoms with Crippen LogP contribution >= 0.6 is 0 Å². The van der Waals surface area contributed by atoms with Crippen LogP contribution in [0.4, 0.5) is 0 Å². The summed E-state index contributed by atoms with van der Waals surface area (Å²) in [4.78, 5) is 44.6. The molecular formula is C10H12O5. The molecule has 2 unspecified atom stereocenters. The number of esters is 1. The van der Waals surface area contributed by atoms with E-state index in [1.165, 1.54) is 13.8 Å². The van der Waals surface area contributed by atoms with Crippen LogP contribution in [0.1, 0.15) is 26.7 Å². The summed E-state index contributed by atoms with van der Waals surface area (Å²) < 4.78 is 4.74. The lowest BCUT2D eigenvalue weighted by Crippen LogP contribution is -2.44. The van der Waals surface area contributed by atoms with Crippen molar-refractivity contribution < 1.29 is 23.9 Å². The van der Waals surface area contributed by atoms with Gasteiger partial charge in [-0.2, -0.15) is 0 Å². The van der Waals surface area contributed by atoms with Crippen LogP contribution in [0, 0.1) is 5.92 Å². The smallest absolute Gasteiger partial charge is 0.303 e. The van der Waals surface area contributed by atoms with E-state index in [1.54, 1.807) is 0 Å². The monoisotopic (exact) mass is 212 g/mol. The highest BCUT2D eigenvalue weighted by Crippen LogP contribution is 2.21. The fourth-order valence-corrected chi connectivity index (χ4v) is 1.65. The summed E-state index contributed by atoms with van der Waals surface area (Å²) in [7, 11) is 0. The molecule has 1 aliphatic rings. The first-order valence-corrected chi connectivity index (χ1v) is 4.67. The van der Waals surface area contributed by atoms with Crippen LogP contribution < -0.4 is 0 Å². The van der Waals surface area contributed by atoms with E-state index >= 15 is 0 Å². The standard InChI is InChI=1S/C10H12O5/c1-5(11)9-7(13)3-4-8(10(9)14)15-6(2)12/h8-9H,3-4H2,1-2H3. The third-order valence-electron chi connectivity index (χ3n) is 2.29. The Balaban J connectivity index is 2.81. The molecule has 1 aliphatic carbocycles. The van der Waals surface area contributed by atoms with Gasteiger partial charge in [-0.1, -0.05) is 0 Å². The Labute approximate surface area is 86.8 Å². The van der Waals surface area contributed by atoms with Gasteiger partial charge in [-0.15, -0.1) is 0 Å². The zero-order valence-electron chi connectivity index (χ0n) is 8.61. The van der Waals surface area contributed by atoms with Gasteiger partial charge in [-0.25, -0.2) is 0 Å². The minimum atomic E-state index is -1.23. The molecule has 1 saturated carbocycles. The van der Waals surface area contributed by atoms with E-state index in [1.807, 2.05) is 0 Å². The fourth-order valence-electron chi connectivity index (χ4n) is 1.65. The summed E-state index contributed by atoms with van der Waals surface area (Å²) in [6, 6.07) is 0. The maximum Gasteiger partial charge on any atom is 0.303 e. The molecule has 5 nitrogen and oxygen atoms in total. The van der Waals surface area contributed by atoms with Gasteiger partial charge in [0, 0.05) is 13.3 Å². The summed E-state index contributed by atoms with van der Waals surface area (Å²) in [6.45, 7) is 2.38. The summed E-state index contributed by atoms with van der Waals surface area (Å²) in [5, 5.41) is 0. The number of ketones is 3. The Hall–Kier alpha value is -1.52. The van der Waals surface area contributed by atoms with E-state index in [0.29, 0.717) is 0 Å². The number of hydrogen-bond donors (Lipinski definition) is 0. The lowest BCUT2D eigenvalue weighted by atomic mass is 9.82. The molecule has 0 radical (unpaired) electrons. The predicted octanol–water partition coefficient (Wildman–Crippen LogP) is 0.0553. The Bertz CT molecular complexity index is 331. The molecule has 15 heavy (non-hydrogen) atoms. The number of Topliss-reactive ketones (excluding diaryl/α,β-unsaturated/α-hetero) is 3. The molecular weight excluding hydrogens is 200 g/mol. The van der Waals surface area contributed by atoms with Crippen LogP contribution in [0.5, 0.6) is 0 Å². The molecule has 1 fully saturated rings. The average molecular weight is 212 g/mol. The third-order valence-corrected chi connectivity index (χ3v) is 2.29. The van der Waals surface area contributed by atoms with E-state index in [4.69, 9.17) is 4.74 Å². The number of carbonyl (C=O) groups is 4.